The molecule has 2 atom stereocenters. The lowest BCUT2D eigenvalue weighted by Gasteiger charge is -2.04. The smallest absolute Gasteiger partial charge is 0.307 e. The summed E-state index contributed by atoms with van der Waals surface area (Å²) >= 11 is 5.99. The largest absolute Gasteiger partial charge is 0.481 e. The van der Waals surface area contributed by atoms with Gasteiger partial charge in [0.2, 0.25) is 5.91 Å². The first-order valence-electron chi connectivity index (χ1n) is 6.82. The highest BCUT2D eigenvalue weighted by atomic mass is 35.5. The van der Waals surface area contributed by atoms with Crippen molar-refractivity contribution in [2.24, 2.45) is 11.8 Å². The molecule has 6 heteroatoms. The topological polar surface area (TPSA) is 82.2 Å². The van der Waals surface area contributed by atoms with Gasteiger partial charge in [0.25, 0.3) is 0 Å². The minimum absolute atomic E-state index is 0.166. The first kappa shape index (κ1) is 13.9. The van der Waals surface area contributed by atoms with Crippen LogP contribution in [0.2, 0.25) is 5.02 Å². The number of benzene rings is 1. The number of aromatic amines is 1. The standard InChI is InChI=1S/C15H15ClN2O3/c16-9-1-2-13-10(5-9)8(7-18-13)3-4-17-14(19)11-6-12(11)15(20)21/h1-2,5,7,11-12,18H,3-4,6H2,(H,17,19)(H,20,21)/t11-,12+/m1/s1. The second-order valence-electron chi connectivity index (χ2n) is 5.33. The number of aromatic nitrogens is 1. The van der Waals surface area contributed by atoms with Gasteiger partial charge in [-0.25, -0.2) is 0 Å². The fourth-order valence-corrected chi connectivity index (χ4v) is 2.74. The Balaban J connectivity index is 1.56. The number of carboxylic acids is 1. The van der Waals surface area contributed by atoms with Crippen LogP contribution in [0.5, 0.6) is 0 Å². The van der Waals surface area contributed by atoms with Crippen LogP contribution in [0.1, 0.15) is 12.0 Å². The van der Waals surface area contributed by atoms with Gasteiger partial charge in [0.15, 0.2) is 0 Å². The van der Waals surface area contributed by atoms with Crippen molar-refractivity contribution in [2.75, 3.05) is 6.54 Å². The lowest BCUT2D eigenvalue weighted by atomic mass is 10.1. The Labute approximate surface area is 126 Å². The molecule has 1 aliphatic rings. The van der Waals surface area contributed by atoms with Crippen molar-refractivity contribution in [1.82, 2.24) is 10.3 Å². The molecule has 0 saturated heterocycles. The van der Waals surface area contributed by atoms with Gasteiger partial charge in [0.1, 0.15) is 0 Å². The Bertz CT molecular complexity index is 710. The summed E-state index contributed by atoms with van der Waals surface area (Å²) in [7, 11) is 0. The highest BCUT2D eigenvalue weighted by Gasteiger charge is 2.48. The molecule has 1 aliphatic carbocycles. The Morgan fingerprint density at radius 3 is 2.90 bits per heavy atom. The quantitative estimate of drug-likeness (QED) is 0.792. The number of rotatable bonds is 5. The Hall–Kier alpha value is -2.01. The molecule has 1 amide bonds. The number of carbonyl (C=O) groups is 2. The first-order valence-corrected chi connectivity index (χ1v) is 7.20. The minimum atomic E-state index is -0.888. The fourth-order valence-electron chi connectivity index (χ4n) is 2.57. The average molecular weight is 307 g/mol. The number of carboxylic acid groups (broad SMARTS) is 1. The van der Waals surface area contributed by atoms with Crippen LogP contribution in [0.4, 0.5) is 0 Å². The highest BCUT2D eigenvalue weighted by Crippen LogP contribution is 2.38. The predicted molar refractivity (Wildman–Crippen MR) is 79.3 cm³/mol. The number of aliphatic carboxylic acids is 1. The summed E-state index contributed by atoms with van der Waals surface area (Å²) in [5.74, 6) is -1.92. The van der Waals surface area contributed by atoms with E-state index in [1.54, 1.807) is 0 Å². The van der Waals surface area contributed by atoms with E-state index >= 15 is 0 Å². The van der Waals surface area contributed by atoms with Crippen molar-refractivity contribution >= 4 is 34.4 Å². The molecule has 1 saturated carbocycles. The van der Waals surface area contributed by atoms with Gasteiger partial charge in [-0.2, -0.15) is 0 Å². The van der Waals surface area contributed by atoms with Crippen molar-refractivity contribution < 1.29 is 14.7 Å². The van der Waals surface area contributed by atoms with Crippen molar-refractivity contribution in [3.05, 3.63) is 35.0 Å². The van der Waals surface area contributed by atoms with Gasteiger partial charge >= 0.3 is 5.97 Å². The van der Waals surface area contributed by atoms with Gasteiger partial charge in [-0.3, -0.25) is 9.59 Å². The molecule has 1 heterocycles. The van der Waals surface area contributed by atoms with Crippen LogP contribution >= 0.6 is 11.6 Å². The summed E-state index contributed by atoms with van der Waals surface area (Å²) in [6.07, 6.45) is 3.03. The summed E-state index contributed by atoms with van der Waals surface area (Å²) in [4.78, 5) is 25.6. The zero-order valence-electron chi connectivity index (χ0n) is 11.2. The number of halogens is 1. The Morgan fingerprint density at radius 1 is 1.38 bits per heavy atom. The van der Waals surface area contributed by atoms with Crippen LogP contribution in [0.3, 0.4) is 0 Å². The molecule has 5 nitrogen and oxygen atoms in total. The third kappa shape index (κ3) is 2.88. The molecule has 0 aliphatic heterocycles. The van der Waals surface area contributed by atoms with Crippen molar-refractivity contribution in [1.29, 1.82) is 0 Å². The predicted octanol–water partition coefficient (Wildman–Crippen LogP) is 2.20. The number of carbonyl (C=O) groups excluding carboxylic acids is 1. The molecule has 2 aromatic rings. The van der Waals surface area contributed by atoms with Gasteiger partial charge in [0.05, 0.1) is 11.8 Å². The highest BCUT2D eigenvalue weighted by molar-refractivity contribution is 6.31. The van der Waals surface area contributed by atoms with E-state index in [0.29, 0.717) is 24.4 Å². The number of hydrogen-bond donors (Lipinski definition) is 3. The third-order valence-electron chi connectivity index (χ3n) is 3.87. The van der Waals surface area contributed by atoms with E-state index in [2.05, 4.69) is 10.3 Å². The van der Waals surface area contributed by atoms with Crippen LogP contribution in [0.25, 0.3) is 10.9 Å². The molecule has 0 bridgehead atoms. The van der Waals surface area contributed by atoms with Crippen molar-refractivity contribution in [3.8, 4) is 0 Å². The zero-order chi connectivity index (χ0) is 15.0. The van der Waals surface area contributed by atoms with Gasteiger partial charge < -0.3 is 15.4 Å². The van der Waals surface area contributed by atoms with Gasteiger partial charge in [-0.05, 0) is 36.6 Å². The number of nitrogens with one attached hydrogen (secondary N) is 2. The molecule has 21 heavy (non-hydrogen) atoms. The first-order chi connectivity index (χ1) is 10.1. The molecule has 1 fully saturated rings. The van der Waals surface area contributed by atoms with E-state index in [0.717, 1.165) is 16.5 Å². The van der Waals surface area contributed by atoms with Crippen LogP contribution in [0, 0.1) is 11.8 Å². The monoisotopic (exact) mass is 306 g/mol. The van der Waals surface area contributed by atoms with E-state index in [9.17, 15) is 9.59 Å². The fraction of sp³-hybridized carbons (Fsp3) is 0.333. The SMILES string of the molecule is O=C(O)[C@H]1C[C@H]1C(=O)NCCc1c[nH]c2ccc(Cl)cc12. The van der Waals surface area contributed by atoms with Crippen LogP contribution < -0.4 is 5.32 Å². The zero-order valence-corrected chi connectivity index (χ0v) is 12.0. The Kier molecular flexibility index (Phi) is 3.59. The second-order valence-corrected chi connectivity index (χ2v) is 5.77. The summed E-state index contributed by atoms with van der Waals surface area (Å²) in [5.41, 5.74) is 2.09. The lowest BCUT2D eigenvalue weighted by molar-refractivity contribution is -0.140. The second kappa shape index (κ2) is 5.41. The number of fused-ring (bicyclic) bond motifs is 1. The van der Waals surface area contributed by atoms with Gasteiger partial charge in [0, 0.05) is 28.7 Å². The normalized spacial score (nSPS) is 20.4. The molecule has 0 unspecified atom stereocenters. The Morgan fingerprint density at radius 2 is 2.19 bits per heavy atom. The molecule has 0 spiro atoms. The average Bonchev–Trinajstić information content (AvgIpc) is 3.16. The summed E-state index contributed by atoms with van der Waals surface area (Å²) < 4.78 is 0. The maximum atomic E-state index is 11.8. The molecule has 110 valence electrons. The number of hydrogen-bond acceptors (Lipinski definition) is 2. The van der Waals surface area contributed by atoms with E-state index in [1.807, 2.05) is 24.4 Å². The maximum absolute atomic E-state index is 11.8. The molecule has 3 N–H and O–H groups in total. The maximum Gasteiger partial charge on any atom is 0.307 e. The molecule has 1 aromatic carbocycles. The van der Waals surface area contributed by atoms with Crippen LogP contribution in [-0.4, -0.2) is 28.5 Å². The van der Waals surface area contributed by atoms with Crippen LogP contribution in [0.15, 0.2) is 24.4 Å². The lowest BCUT2D eigenvalue weighted by Crippen LogP contribution is -2.28. The van der Waals surface area contributed by atoms with Crippen LogP contribution in [-0.2, 0) is 16.0 Å². The molecule has 0 radical (unpaired) electrons. The van der Waals surface area contributed by atoms with Crippen molar-refractivity contribution in [2.45, 2.75) is 12.8 Å². The van der Waals surface area contributed by atoms with E-state index < -0.39 is 11.9 Å². The minimum Gasteiger partial charge on any atom is -0.481 e. The van der Waals surface area contributed by atoms with Crippen molar-refractivity contribution in [3.63, 3.8) is 0 Å². The summed E-state index contributed by atoms with van der Waals surface area (Å²) in [6, 6.07) is 5.64. The summed E-state index contributed by atoms with van der Waals surface area (Å²) in [5, 5.41) is 13.3. The number of H-pyrrole nitrogens is 1. The molecule has 1 aromatic heterocycles. The van der Waals surface area contributed by atoms with E-state index in [4.69, 9.17) is 16.7 Å². The number of amides is 1. The molecule has 3 rings (SSSR count). The molecular formula is C15H15ClN2O3. The van der Waals surface area contributed by atoms with E-state index in [-0.39, 0.29) is 11.8 Å². The van der Waals surface area contributed by atoms with Gasteiger partial charge in [-0.15, -0.1) is 0 Å². The van der Waals surface area contributed by atoms with E-state index in [1.165, 1.54) is 0 Å². The summed E-state index contributed by atoms with van der Waals surface area (Å²) in [6.45, 7) is 0.487. The third-order valence-corrected chi connectivity index (χ3v) is 4.10. The molecular weight excluding hydrogens is 292 g/mol. The van der Waals surface area contributed by atoms with Gasteiger partial charge in [-0.1, -0.05) is 11.6 Å².